The van der Waals surface area contributed by atoms with Gasteiger partial charge in [0.25, 0.3) is 0 Å². The summed E-state index contributed by atoms with van der Waals surface area (Å²) in [6.07, 6.45) is 1.89. The number of nitrogens with zero attached hydrogens (tertiary/aromatic N) is 3. The molecular weight excluding hydrogens is 630 g/mol. The first kappa shape index (κ1) is 31.8. The molecule has 2 aromatic heterocycles. The Morgan fingerprint density at radius 2 is 1.83 bits per heavy atom. The van der Waals surface area contributed by atoms with Crippen LogP contribution in [0.4, 0.5) is 13.6 Å². The molecule has 41 heavy (non-hydrogen) atoms. The number of carbonyl (C=O) groups excluding carboxylic acids is 1. The van der Waals surface area contributed by atoms with Gasteiger partial charge in [-0.2, -0.15) is 13.1 Å². The number of halogens is 3. The van der Waals surface area contributed by atoms with Gasteiger partial charge < -0.3 is 19.9 Å². The summed E-state index contributed by atoms with van der Waals surface area (Å²) in [6.45, 7) is -0.647. The Bertz CT molecular complexity index is 1460. The number of benzene rings is 1. The van der Waals surface area contributed by atoms with Crippen LogP contribution in [0, 0.1) is 0 Å². The van der Waals surface area contributed by atoms with E-state index >= 15 is 0 Å². The van der Waals surface area contributed by atoms with Crippen LogP contribution >= 0.6 is 15.9 Å². The van der Waals surface area contributed by atoms with Crippen molar-refractivity contribution in [1.82, 2.24) is 19.6 Å². The van der Waals surface area contributed by atoms with E-state index < -0.39 is 40.8 Å². The SMILES string of the molecule is CC(C)(Cc1ccc(Br)c(CN(Cc2ccc(OC(F)F)cc2)S(=O)(=O)c2cccnc2)n1)OC(=O)NCC(=O)O. The van der Waals surface area contributed by atoms with Crippen LogP contribution in [-0.4, -0.2) is 58.6 Å². The second kappa shape index (κ2) is 13.8. The van der Waals surface area contributed by atoms with Crippen molar-refractivity contribution in [2.75, 3.05) is 6.54 Å². The van der Waals surface area contributed by atoms with Crippen LogP contribution in [0.5, 0.6) is 5.75 Å². The second-order valence-electron chi connectivity index (χ2n) is 9.29. The van der Waals surface area contributed by atoms with Gasteiger partial charge in [-0.15, -0.1) is 0 Å². The molecule has 1 amide bonds. The number of carboxylic acids is 1. The van der Waals surface area contributed by atoms with Crippen LogP contribution < -0.4 is 10.1 Å². The summed E-state index contributed by atoms with van der Waals surface area (Å²) in [5.41, 5.74) is 0.267. The number of alkyl carbamates (subject to hydrolysis) is 1. The summed E-state index contributed by atoms with van der Waals surface area (Å²) in [5.74, 6) is -1.29. The fourth-order valence-electron chi connectivity index (χ4n) is 3.67. The average molecular weight is 657 g/mol. The molecule has 0 aliphatic rings. The number of hydrogen-bond donors (Lipinski definition) is 2. The topological polar surface area (TPSA) is 148 Å². The van der Waals surface area contributed by atoms with Crippen LogP contribution in [0.3, 0.4) is 0 Å². The van der Waals surface area contributed by atoms with Crippen molar-refractivity contribution in [3.63, 3.8) is 0 Å². The number of alkyl halides is 2. The van der Waals surface area contributed by atoms with Crippen molar-refractivity contribution >= 4 is 38.0 Å². The van der Waals surface area contributed by atoms with E-state index in [1.165, 1.54) is 53.1 Å². The molecule has 11 nitrogen and oxygen atoms in total. The fourth-order valence-corrected chi connectivity index (χ4v) is 5.37. The Morgan fingerprint density at radius 3 is 2.44 bits per heavy atom. The first-order valence-electron chi connectivity index (χ1n) is 12.0. The average Bonchev–Trinajstić information content (AvgIpc) is 2.89. The highest BCUT2D eigenvalue weighted by atomic mass is 79.9. The number of ether oxygens (including phenoxy) is 2. The van der Waals surface area contributed by atoms with Crippen LogP contribution in [0.25, 0.3) is 0 Å². The van der Waals surface area contributed by atoms with E-state index in [1.54, 1.807) is 26.0 Å². The van der Waals surface area contributed by atoms with E-state index in [1.807, 2.05) is 0 Å². The second-order valence-corrected chi connectivity index (χ2v) is 12.1. The maximum absolute atomic E-state index is 13.6. The van der Waals surface area contributed by atoms with Gasteiger partial charge in [-0.3, -0.25) is 14.8 Å². The lowest BCUT2D eigenvalue weighted by Gasteiger charge is -2.26. The zero-order chi connectivity index (χ0) is 30.2. The van der Waals surface area contributed by atoms with Gasteiger partial charge in [0.15, 0.2) is 0 Å². The van der Waals surface area contributed by atoms with Crippen molar-refractivity contribution in [3.8, 4) is 5.75 Å². The molecule has 0 saturated carbocycles. The number of hydrogen-bond acceptors (Lipinski definition) is 8. The third-order valence-electron chi connectivity index (χ3n) is 5.44. The minimum atomic E-state index is -4.09. The minimum Gasteiger partial charge on any atom is -0.480 e. The molecular formula is C26H27BrF2N4O7S. The van der Waals surface area contributed by atoms with E-state index in [4.69, 9.17) is 9.84 Å². The van der Waals surface area contributed by atoms with E-state index in [-0.39, 0.29) is 30.2 Å². The zero-order valence-corrected chi connectivity index (χ0v) is 24.4. The highest BCUT2D eigenvalue weighted by Crippen LogP contribution is 2.26. The number of carboxylic acid groups (broad SMARTS) is 1. The highest BCUT2D eigenvalue weighted by molar-refractivity contribution is 9.10. The third-order valence-corrected chi connectivity index (χ3v) is 7.94. The fraction of sp³-hybridized carbons (Fsp3) is 0.308. The van der Waals surface area contributed by atoms with Crippen molar-refractivity contribution in [1.29, 1.82) is 0 Å². The first-order chi connectivity index (χ1) is 19.2. The number of aromatic nitrogens is 2. The molecule has 0 atom stereocenters. The van der Waals surface area contributed by atoms with E-state index in [0.29, 0.717) is 21.4 Å². The van der Waals surface area contributed by atoms with E-state index in [9.17, 15) is 26.8 Å². The van der Waals surface area contributed by atoms with Gasteiger partial charge in [-0.05, 0) is 71.7 Å². The van der Waals surface area contributed by atoms with Crippen LogP contribution in [0.1, 0.15) is 30.8 Å². The number of aliphatic carboxylic acids is 1. The van der Waals surface area contributed by atoms with E-state index in [0.717, 1.165) is 0 Å². The number of amides is 1. The molecule has 2 heterocycles. The standard InChI is InChI=1S/C26H27BrF2N4O7S/c1-26(2,40-25(36)31-14-23(34)35)12-18-7-10-21(27)22(32-18)16-33(41(37,38)20-4-3-11-30-13-20)15-17-5-8-19(9-6-17)39-24(28)29/h3-11,13,24H,12,14-16H2,1-2H3,(H,31,36)(H,34,35). The van der Waals surface area contributed by atoms with Gasteiger partial charge in [-0.1, -0.05) is 12.1 Å². The molecule has 220 valence electrons. The molecule has 0 unspecified atom stereocenters. The number of nitrogens with one attached hydrogen (secondary N) is 1. The molecule has 0 aliphatic carbocycles. The molecule has 0 fully saturated rings. The monoisotopic (exact) mass is 656 g/mol. The van der Waals surface area contributed by atoms with Gasteiger partial charge in [0, 0.05) is 35.5 Å². The zero-order valence-electron chi connectivity index (χ0n) is 22.0. The minimum absolute atomic E-state index is 0.0492. The first-order valence-corrected chi connectivity index (χ1v) is 14.3. The van der Waals surface area contributed by atoms with Gasteiger partial charge in [-0.25, -0.2) is 13.2 Å². The maximum atomic E-state index is 13.6. The summed E-state index contributed by atoms with van der Waals surface area (Å²) in [5, 5.41) is 10.8. The largest absolute Gasteiger partial charge is 0.480 e. The van der Waals surface area contributed by atoms with Gasteiger partial charge in [0.05, 0.1) is 12.2 Å². The van der Waals surface area contributed by atoms with Crippen molar-refractivity contribution in [2.45, 2.75) is 50.5 Å². The third kappa shape index (κ3) is 9.72. The van der Waals surface area contributed by atoms with Gasteiger partial charge >= 0.3 is 18.7 Å². The van der Waals surface area contributed by atoms with Gasteiger partial charge in [0.2, 0.25) is 10.0 Å². The van der Waals surface area contributed by atoms with Crippen LogP contribution in [0.15, 0.2) is 70.3 Å². The lowest BCUT2D eigenvalue weighted by Crippen LogP contribution is -2.38. The molecule has 0 aliphatic heterocycles. The molecule has 3 rings (SSSR count). The van der Waals surface area contributed by atoms with Crippen molar-refractivity contribution in [3.05, 3.63) is 82.3 Å². The predicted octanol–water partition coefficient (Wildman–Crippen LogP) is 4.36. The normalized spacial score (nSPS) is 11.9. The lowest BCUT2D eigenvalue weighted by molar-refractivity contribution is -0.136. The predicted molar refractivity (Wildman–Crippen MR) is 146 cm³/mol. The van der Waals surface area contributed by atoms with Crippen molar-refractivity contribution < 1.29 is 41.4 Å². The summed E-state index contributed by atoms with van der Waals surface area (Å²) in [4.78, 5) is 31.1. The molecule has 0 radical (unpaired) electrons. The molecule has 1 aromatic carbocycles. The molecule has 0 saturated heterocycles. The van der Waals surface area contributed by atoms with Crippen LogP contribution in [0.2, 0.25) is 0 Å². The quantitative estimate of drug-likeness (QED) is 0.274. The summed E-state index contributed by atoms with van der Waals surface area (Å²) < 4.78 is 63.7. The summed E-state index contributed by atoms with van der Waals surface area (Å²) in [7, 11) is -4.09. The Balaban J connectivity index is 1.87. The number of carbonyl (C=O) groups is 2. The number of pyridine rings is 2. The summed E-state index contributed by atoms with van der Waals surface area (Å²) in [6, 6.07) is 11.9. The molecule has 0 spiro atoms. The lowest BCUT2D eigenvalue weighted by atomic mass is 10.0. The number of rotatable bonds is 13. The Morgan fingerprint density at radius 1 is 1.12 bits per heavy atom. The van der Waals surface area contributed by atoms with E-state index in [2.05, 4.69) is 36.0 Å². The molecule has 15 heteroatoms. The molecule has 0 bridgehead atoms. The highest BCUT2D eigenvalue weighted by Gasteiger charge is 2.28. The molecule has 3 aromatic rings. The van der Waals surface area contributed by atoms with Crippen molar-refractivity contribution in [2.24, 2.45) is 0 Å². The van der Waals surface area contributed by atoms with Gasteiger partial charge in [0.1, 0.15) is 22.8 Å². The Kier molecular flexibility index (Phi) is 10.7. The Hall–Kier alpha value is -3.69. The number of sulfonamides is 1. The maximum Gasteiger partial charge on any atom is 0.408 e. The Labute approximate surface area is 243 Å². The molecule has 2 N–H and O–H groups in total. The summed E-state index contributed by atoms with van der Waals surface area (Å²) >= 11 is 3.42. The van der Waals surface area contributed by atoms with Crippen LogP contribution in [-0.2, 0) is 39.1 Å². The smallest absolute Gasteiger partial charge is 0.408 e.